The molecule has 0 aliphatic heterocycles. The number of anilines is 1. The maximum Gasteiger partial charge on any atom is 0.261 e. The highest BCUT2D eigenvalue weighted by atomic mass is 19.2. The van der Waals surface area contributed by atoms with Gasteiger partial charge in [-0.25, -0.2) is 13.2 Å². The van der Waals surface area contributed by atoms with Crippen molar-refractivity contribution >= 4 is 11.6 Å². The molecule has 0 spiro atoms. The molecule has 2 rings (SSSR count). The average molecular weight is 268 g/mol. The summed E-state index contributed by atoms with van der Waals surface area (Å²) in [4.78, 5) is 15.2. The van der Waals surface area contributed by atoms with Gasteiger partial charge in [0.15, 0.2) is 17.4 Å². The lowest BCUT2D eigenvalue weighted by Crippen LogP contribution is -2.16. The smallest absolute Gasteiger partial charge is 0.261 e. The lowest BCUT2D eigenvalue weighted by atomic mass is 10.1. The van der Waals surface area contributed by atoms with Crippen LogP contribution < -0.4 is 5.32 Å². The highest BCUT2D eigenvalue weighted by Crippen LogP contribution is 2.23. The molecule has 1 aromatic carbocycles. The molecular formula is C12H7F3N2O2. The molecule has 7 heteroatoms. The maximum atomic E-state index is 13.4. The Morgan fingerprint density at radius 3 is 2.53 bits per heavy atom. The number of carbonyl (C=O) groups excluding carboxylic acids is 1. The standard InChI is InChI=1S/C12H7F3N2O2/c13-6-1-2-7(14)11(15)10(6)12(19)17-8-3-4-16-5-9(8)18/h1-5,18H,(H,16,17,19). The van der Waals surface area contributed by atoms with Crippen molar-refractivity contribution in [3.8, 4) is 5.75 Å². The quantitative estimate of drug-likeness (QED) is 0.822. The van der Waals surface area contributed by atoms with Gasteiger partial charge in [0, 0.05) is 6.20 Å². The molecule has 0 aliphatic carbocycles. The molecule has 0 saturated heterocycles. The van der Waals surface area contributed by atoms with Crippen LogP contribution in [0.15, 0.2) is 30.6 Å². The first-order chi connectivity index (χ1) is 9.00. The third kappa shape index (κ3) is 2.49. The number of nitrogens with zero attached hydrogens (tertiary/aromatic N) is 1. The Kier molecular flexibility index (Phi) is 3.37. The molecule has 98 valence electrons. The van der Waals surface area contributed by atoms with Crippen molar-refractivity contribution in [2.75, 3.05) is 5.32 Å². The summed E-state index contributed by atoms with van der Waals surface area (Å²) in [6.45, 7) is 0. The van der Waals surface area contributed by atoms with E-state index in [0.717, 1.165) is 6.20 Å². The molecule has 0 radical (unpaired) electrons. The molecule has 0 atom stereocenters. The highest BCUT2D eigenvalue weighted by Gasteiger charge is 2.21. The fourth-order valence-corrected chi connectivity index (χ4v) is 1.41. The van der Waals surface area contributed by atoms with E-state index in [1.165, 1.54) is 12.3 Å². The Morgan fingerprint density at radius 1 is 1.16 bits per heavy atom. The molecule has 0 fully saturated rings. The third-order valence-corrected chi connectivity index (χ3v) is 2.32. The molecule has 1 aromatic heterocycles. The zero-order valence-electron chi connectivity index (χ0n) is 9.32. The van der Waals surface area contributed by atoms with Crippen LogP contribution in [0.5, 0.6) is 5.75 Å². The Bertz CT molecular complexity index is 647. The average Bonchev–Trinajstić information content (AvgIpc) is 2.37. The SMILES string of the molecule is O=C(Nc1ccncc1O)c1c(F)ccc(F)c1F. The first-order valence-corrected chi connectivity index (χ1v) is 5.08. The van der Waals surface area contributed by atoms with E-state index in [1.807, 2.05) is 0 Å². The molecule has 0 unspecified atom stereocenters. The van der Waals surface area contributed by atoms with Crippen LogP contribution in [-0.2, 0) is 0 Å². The van der Waals surface area contributed by atoms with Crippen LogP contribution in [0.3, 0.4) is 0 Å². The number of hydrogen-bond donors (Lipinski definition) is 2. The van der Waals surface area contributed by atoms with Gasteiger partial charge in [0.25, 0.3) is 5.91 Å². The van der Waals surface area contributed by atoms with E-state index in [1.54, 1.807) is 0 Å². The number of rotatable bonds is 2. The summed E-state index contributed by atoms with van der Waals surface area (Å²) in [6.07, 6.45) is 2.29. The second-order valence-electron chi connectivity index (χ2n) is 3.57. The Labute approximate surface area is 105 Å². The molecule has 1 amide bonds. The summed E-state index contributed by atoms with van der Waals surface area (Å²) >= 11 is 0. The van der Waals surface area contributed by atoms with E-state index >= 15 is 0 Å². The predicted molar refractivity (Wildman–Crippen MR) is 60.2 cm³/mol. The number of pyridine rings is 1. The van der Waals surface area contributed by atoms with Gasteiger partial charge in [0.05, 0.1) is 11.9 Å². The number of carbonyl (C=O) groups is 1. The number of aromatic nitrogens is 1. The summed E-state index contributed by atoms with van der Waals surface area (Å²) in [5.41, 5.74) is -1.15. The van der Waals surface area contributed by atoms with Crippen molar-refractivity contribution in [3.63, 3.8) is 0 Å². The van der Waals surface area contributed by atoms with Crippen LogP contribution in [0.25, 0.3) is 0 Å². The summed E-state index contributed by atoms with van der Waals surface area (Å²) in [6, 6.07) is 2.44. The lowest BCUT2D eigenvalue weighted by molar-refractivity contribution is 0.101. The van der Waals surface area contributed by atoms with E-state index in [2.05, 4.69) is 10.3 Å². The molecule has 0 saturated carbocycles. The summed E-state index contributed by atoms with van der Waals surface area (Å²) in [5, 5.41) is 11.4. The minimum absolute atomic E-state index is 0.0944. The number of hydrogen-bond acceptors (Lipinski definition) is 3. The summed E-state index contributed by atoms with van der Waals surface area (Å²) in [7, 11) is 0. The topological polar surface area (TPSA) is 62.2 Å². The highest BCUT2D eigenvalue weighted by molar-refractivity contribution is 6.05. The van der Waals surface area contributed by atoms with Crippen molar-refractivity contribution in [1.82, 2.24) is 4.98 Å². The summed E-state index contributed by atoms with van der Waals surface area (Å²) < 4.78 is 39.7. The first-order valence-electron chi connectivity index (χ1n) is 5.08. The normalized spacial score (nSPS) is 10.3. The minimum atomic E-state index is -1.59. The zero-order chi connectivity index (χ0) is 14.0. The Morgan fingerprint density at radius 2 is 1.84 bits per heavy atom. The van der Waals surface area contributed by atoms with E-state index in [0.29, 0.717) is 12.1 Å². The largest absolute Gasteiger partial charge is 0.504 e. The lowest BCUT2D eigenvalue weighted by Gasteiger charge is -2.08. The Hall–Kier alpha value is -2.57. The molecule has 1 heterocycles. The predicted octanol–water partition coefficient (Wildman–Crippen LogP) is 2.46. The van der Waals surface area contributed by atoms with Gasteiger partial charge in [-0.2, -0.15) is 0 Å². The molecular weight excluding hydrogens is 261 g/mol. The molecule has 19 heavy (non-hydrogen) atoms. The monoisotopic (exact) mass is 268 g/mol. The molecule has 2 N–H and O–H groups in total. The van der Waals surface area contributed by atoms with E-state index in [4.69, 9.17) is 0 Å². The molecule has 2 aromatic rings. The van der Waals surface area contributed by atoms with E-state index in [-0.39, 0.29) is 11.4 Å². The van der Waals surface area contributed by atoms with Gasteiger partial charge in [-0.15, -0.1) is 0 Å². The van der Waals surface area contributed by atoms with Gasteiger partial charge in [0.1, 0.15) is 11.4 Å². The van der Waals surface area contributed by atoms with Crippen molar-refractivity contribution < 1.29 is 23.1 Å². The van der Waals surface area contributed by atoms with Crippen molar-refractivity contribution in [2.45, 2.75) is 0 Å². The van der Waals surface area contributed by atoms with Crippen LogP contribution >= 0.6 is 0 Å². The number of nitrogens with one attached hydrogen (secondary N) is 1. The van der Waals surface area contributed by atoms with Crippen LogP contribution in [0.4, 0.5) is 18.9 Å². The number of aromatic hydroxyl groups is 1. The van der Waals surface area contributed by atoms with Crippen molar-refractivity contribution in [3.05, 3.63) is 53.6 Å². The van der Waals surface area contributed by atoms with Crippen LogP contribution in [-0.4, -0.2) is 16.0 Å². The number of amides is 1. The van der Waals surface area contributed by atoms with Crippen LogP contribution in [0, 0.1) is 17.5 Å². The van der Waals surface area contributed by atoms with Crippen LogP contribution in [0.2, 0.25) is 0 Å². The fraction of sp³-hybridized carbons (Fsp3) is 0. The van der Waals surface area contributed by atoms with Gasteiger partial charge in [-0.05, 0) is 18.2 Å². The first kappa shape index (κ1) is 12.9. The van der Waals surface area contributed by atoms with Crippen molar-refractivity contribution in [2.24, 2.45) is 0 Å². The second kappa shape index (κ2) is 4.97. The maximum absolute atomic E-state index is 13.4. The molecule has 4 nitrogen and oxygen atoms in total. The van der Waals surface area contributed by atoms with Gasteiger partial charge in [-0.1, -0.05) is 0 Å². The molecule has 0 aliphatic rings. The van der Waals surface area contributed by atoms with Crippen molar-refractivity contribution in [1.29, 1.82) is 0 Å². The third-order valence-electron chi connectivity index (χ3n) is 2.32. The van der Waals surface area contributed by atoms with Gasteiger partial charge < -0.3 is 10.4 Å². The van der Waals surface area contributed by atoms with Gasteiger partial charge >= 0.3 is 0 Å². The van der Waals surface area contributed by atoms with Crippen LogP contribution in [0.1, 0.15) is 10.4 Å². The molecule has 0 bridgehead atoms. The van der Waals surface area contributed by atoms with E-state index in [9.17, 15) is 23.1 Å². The van der Waals surface area contributed by atoms with E-state index < -0.39 is 28.9 Å². The zero-order valence-corrected chi connectivity index (χ0v) is 9.32. The second-order valence-corrected chi connectivity index (χ2v) is 3.57. The van der Waals surface area contributed by atoms with Gasteiger partial charge in [-0.3, -0.25) is 9.78 Å². The minimum Gasteiger partial charge on any atom is -0.504 e. The number of benzene rings is 1. The Balaban J connectivity index is 2.36. The fourth-order valence-electron chi connectivity index (χ4n) is 1.41. The number of halogens is 3. The summed E-state index contributed by atoms with van der Waals surface area (Å²) in [5.74, 6) is -5.73. The van der Waals surface area contributed by atoms with Gasteiger partial charge in [0.2, 0.25) is 0 Å².